The van der Waals surface area contributed by atoms with E-state index < -0.39 is 0 Å². The topological polar surface area (TPSA) is 69.2 Å². The fourth-order valence-corrected chi connectivity index (χ4v) is 2.19. The van der Waals surface area contributed by atoms with Gasteiger partial charge in [0.2, 0.25) is 0 Å². The van der Waals surface area contributed by atoms with Crippen LogP contribution in [0.4, 0.5) is 5.82 Å². The molecule has 0 aromatic carbocycles. The van der Waals surface area contributed by atoms with Crippen LogP contribution < -0.4 is 5.48 Å². The molecule has 2 aromatic rings. The van der Waals surface area contributed by atoms with E-state index in [1.807, 2.05) is 25.1 Å². The molecule has 21 heavy (non-hydrogen) atoms. The van der Waals surface area contributed by atoms with Crippen LogP contribution in [0.25, 0.3) is 11.4 Å². The summed E-state index contributed by atoms with van der Waals surface area (Å²) in [6, 6.07) is 5.65. The normalized spacial score (nSPS) is 17.9. The predicted octanol–water partition coefficient (Wildman–Crippen LogP) is 2.23. The Balaban J connectivity index is 1.66. The maximum atomic E-state index is 5.51. The summed E-state index contributed by atoms with van der Waals surface area (Å²) < 4.78 is 5.32. The highest BCUT2D eigenvalue weighted by atomic mass is 16.6. The van der Waals surface area contributed by atoms with E-state index in [9.17, 15) is 0 Å². The van der Waals surface area contributed by atoms with Gasteiger partial charge in [-0.2, -0.15) is 0 Å². The first kappa shape index (κ1) is 13.9. The molecule has 6 heteroatoms. The van der Waals surface area contributed by atoms with Gasteiger partial charge in [-0.15, -0.1) is 0 Å². The number of aromatic nitrogens is 3. The van der Waals surface area contributed by atoms with Crippen LogP contribution in [0.3, 0.4) is 0 Å². The third-order valence-electron chi connectivity index (χ3n) is 3.29. The van der Waals surface area contributed by atoms with Crippen molar-refractivity contribution in [1.82, 2.24) is 15.0 Å². The van der Waals surface area contributed by atoms with Crippen LogP contribution in [0.1, 0.15) is 12.1 Å². The highest BCUT2D eigenvalue weighted by Gasteiger charge is 2.16. The molecule has 1 N–H and O–H groups in total. The SMILES string of the molecule is Cc1cc(NOCC2CCOC2)nc(-c2cccnc2)n1. The molecule has 0 saturated carbocycles. The van der Waals surface area contributed by atoms with E-state index in [0.717, 1.165) is 30.9 Å². The average Bonchev–Trinajstić information content (AvgIpc) is 3.01. The molecule has 3 rings (SSSR count). The van der Waals surface area contributed by atoms with Crippen molar-refractivity contribution in [3.05, 3.63) is 36.3 Å². The molecule has 3 heterocycles. The maximum absolute atomic E-state index is 5.51. The zero-order valence-corrected chi connectivity index (χ0v) is 12.0. The summed E-state index contributed by atoms with van der Waals surface area (Å²) in [5, 5.41) is 0. The summed E-state index contributed by atoms with van der Waals surface area (Å²) in [4.78, 5) is 18.5. The molecule has 1 fully saturated rings. The number of aryl methyl sites for hydroxylation is 1. The number of pyridine rings is 1. The lowest BCUT2D eigenvalue weighted by Gasteiger charge is -2.11. The molecule has 0 amide bonds. The molecule has 1 atom stereocenters. The first-order chi connectivity index (χ1) is 10.3. The molecule has 1 aliphatic rings. The molecular formula is C15H18N4O2. The van der Waals surface area contributed by atoms with Crippen LogP contribution in [-0.2, 0) is 9.57 Å². The highest BCUT2D eigenvalue weighted by Crippen LogP contribution is 2.17. The smallest absolute Gasteiger partial charge is 0.163 e. The summed E-state index contributed by atoms with van der Waals surface area (Å²) >= 11 is 0. The van der Waals surface area contributed by atoms with Gasteiger partial charge in [-0.1, -0.05) is 0 Å². The van der Waals surface area contributed by atoms with Crippen LogP contribution in [0.5, 0.6) is 0 Å². The zero-order chi connectivity index (χ0) is 14.5. The number of hydrogen-bond acceptors (Lipinski definition) is 6. The first-order valence-electron chi connectivity index (χ1n) is 7.03. The lowest BCUT2D eigenvalue weighted by atomic mass is 10.1. The molecule has 1 unspecified atom stereocenters. The molecule has 6 nitrogen and oxygen atoms in total. The Kier molecular flexibility index (Phi) is 4.37. The second kappa shape index (κ2) is 6.60. The van der Waals surface area contributed by atoms with E-state index in [0.29, 0.717) is 24.2 Å². The minimum Gasteiger partial charge on any atom is -0.381 e. The van der Waals surface area contributed by atoms with Crippen molar-refractivity contribution in [3.63, 3.8) is 0 Å². The Hall–Kier alpha value is -2.05. The number of rotatable bonds is 5. The molecule has 1 saturated heterocycles. The molecule has 0 spiro atoms. The maximum Gasteiger partial charge on any atom is 0.163 e. The van der Waals surface area contributed by atoms with Gasteiger partial charge in [0.1, 0.15) is 0 Å². The van der Waals surface area contributed by atoms with Crippen LogP contribution in [0.15, 0.2) is 30.6 Å². The van der Waals surface area contributed by atoms with Crippen LogP contribution in [0.2, 0.25) is 0 Å². The number of nitrogens with zero attached hydrogens (tertiary/aromatic N) is 3. The summed E-state index contributed by atoms with van der Waals surface area (Å²) in [7, 11) is 0. The standard InChI is InChI=1S/C15H18N4O2/c1-11-7-14(19-21-10-12-4-6-20-9-12)18-15(17-11)13-3-2-5-16-8-13/h2-3,5,7-8,12H,4,6,9-10H2,1H3,(H,17,18,19). The van der Waals surface area contributed by atoms with Gasteiger partial charge in [0.05, 0.1) is 13.2 Å². The minimum atomic E-state index is 0.457. The molecule has 1 aliphatic heterocycles. The second-order valence-corrected chi connectivity index (χ2v) is 5.10. The van der Waals surface area contributed by atoms with Crippen molar-refractivity contribution in [3.8, 4) is 11.4 Å². The van der Waals surface area contributed by atoms with Crippen molar-refractivity contribution in [1.29, 1.82) is 0 Å². The largest absolute Gasteiger partial charge is 0.381 e. The molecule has 110 valence electrons. The van der Waals surface area contributed by atoms with Gasteiger partial charge in [-0.05, 0) is 25.5 Å². The Morgan fingerprint density at radius 3 is 3.14 bits per heavy atom. The Labute approximate surface area is 123 Å². The molecular weight excluding hydrogens is 268 g/mol. The zero-order valence-electron chi connectivity index (χ0n) is 12.0. The van der Waals surface area contributed by atoms with E-state index in [1.165, 1.54) is 0 Å². The summed E-state index contributed by atoms with van der Waals surface area (Å²) in [6.45, 7) is 4.14. The van der Waals surface area contributed by atoms with Crippen molar-refractivity contribution in [2.24, 2.45) is 5.92 Å². The van der Waals surface area contributed by atoms with Crippen LogP contribution in [-0.4, -0.2) is 34.8 Å². The summed E-state index contributed by atoms with van der Waals surface area (Å²) in [6.07, 6.45) is 4.52. The van der Waals surface area contributed by atoms with Crippen molar-refractivity contribution < 1.29 is 9.57 Å². The highest BCUT2D eigenvalue weighted by molar-refractivity contribution is 5.55. The van der Waals surface area contributed by atoms with Crippen molar-refractivity contribution in [2.75, 3.05) is 25.3 Å². The molecule has 2 aromatic heterocycles. The van der Waals surface area contributed by atoms with Gasteiger partial charge in [-0.3, -0.25) is 9.82 Å². The second-order valence-electron chi connectivity index (χ2n) is 5.10. The first-order valence-corrected chi connectivity index (χ1v) is 7.03. The Morgan fingerprint density at radius 2 is 2.38 bits per heavy atom. The Morgan fingerprint density at radius 1 is 1.43 bits per heavy atom. The third kappa shape index (κ3) is 3.74. The molecule has 0 aliphatic carbocycles. The molecule has 0 radical (unpaired) electrons. The quantitative estimate of drug-likeness (QED) is 0.850. The number of ether oxygens (including phenoxy) is 1. The third-order valence-corrected chi connectivity index (χ3v) is 3.29. The minimum absolute atomic E-state index is 0.457. The van der Waals surface area contributed by atoms with Gasteiger partial charge in [0, 0.05) is 42.2 Å². The van der Waals surface area contributed by atoms with Gasteiger partial charge < -0.3 is 4.74 Å². The predicted molar refractivity (Wildman–Crippen MR) is 78.5 cm³/mol. The van der Waals surface area contributed by atoms with E-state index in [4.69, 9.17) is 9.57 Å². The van der Waals surface area contributed by atoms with Crippen LogP contribution in [0, 0.1) is 12.8 Å². The average molecular weight is 286 g/mol. The van der Waals surface area contributed by atoms with Crippen LogP contribution >= 0.6 is 0 Å². The fraction of sp³-hybridized carbons (Fsp3) is 0.400. The fourth-order valence-electron chi connectivity index (χ4n) is 2.19. The van der Waals surface area contributed by atoms with Gasteiger partial charge >= 0.3 is 0 Å². The Bertz CT molecular complexity index is 585. The number of hydrogen-bond donors (Lipinski definition) is 1. The number of nitrogens with one attached hydrogen (secondary N) is 1. The van der Waals surface area contributed by atoms with Gasteiger partial charge in [0.25, 0.3) is 0 Å². The van der Waals surface area contributed by atoms with Crippen molar-refractivity contribution in [2.45, 2.75) is 13.3 Å². The number of anilines is 1. The summed E-state index contributed by atoms with van der Waals surface area (Å²) in [5.41, 5.74) is 4.65. The monoisotopic (exact) mass is 286 g/mol. The van der Waals surface area contributed by atoms with E-state index in [2.05, 4.69) is 20.4 Å². The van der Waals surface area contributed by atoms with E-state index >= 15 is 0 Å². The van der Waals surface area contributed by atoms with Crippen molar-refractivity contribution >= 4 is 5.82 Å². The van der Waals surface area contributed by atoms with Gasteiger partial charge in [-0.25, -0.2) is 15.4 Å². The summed E-state index contributed by atoms with van der Waals surface area (Å²) in [5.74, 6) is 1.75. The van der Waals surface area contributed by atoms with E-state index in [-0.39, 0.29) is 0 Å². The molecule has 0 bridgehead atoms. The lowest BCUT2D eigenvalue weighted by molar-refractivity contribution is 0.126. The van der Waals surface area contributed by atoms with E-state index in [1.54, 1.807) is 12.4 Å². The van der Waals surface area contributed by atoms with Gasteiger partial charge in [0.15, 0.2) is 11.6 Å². The lowest BCUT2D eigenvalue weighted by Crippen LogP contribution is -2.14.